The molecule has 6 heterocycles. The van der Waals surface area contributed by atoms with Crippen molar-refractivity contribution in [1.82, 2.24) is 25.5 Å². The highest BCUT2D eigenvalue weighted by Crippen LogP contribution is 2.68. The third-order valence-corrected chi connectivity index (χ3v) is 13.4. The minimum atomic E-state index is -1.31. The predicted molar refractivity (Wildman–Crippen MR) is 164 cm³/mol. The Bertz CT molecular complexity index is 1470. The minimum Gasteiger partial charge on any atom is -0.463 e. The maximum Gasteiger partial charge on any atom is 0.319 e. The van der Waals surface area contributed by atoms with Crippen molar-refractivity contribution >= 4 is 16.7 Å². The van der Waals surface area contributed by atoms with Crippen LogP contribution in [0.2, 0.25) is 0 Å². The van der Waals surface area contributed by atoms with Gasteiger partial charge < -0.3 is 30.7 Å². The molecule has 0 radical (unpaired) electrons. The van der Waals surface area contributed by atoms with Gasteiger partial charge in [-0.3, -0.25) is 4.90 Å². The first-order valence-electron chi connectivity index (χ1n) is 15.8. The fourth-order valence-corrected chi connectivity index (χ4v) is 11.2. The van der Waals surface area contributed by atoms with Crippen molar-refractivity contribution in [2.45, 2.75) is 56.1 Å². The highest BCUT2D eigenvalue weighted by atomic mass is 32.2. The summed E-state index contributed by atoms with van der Waals surface area (Å²) in [5.41, 5.74) is 9.19. The molecule has 5 fully saturated rings. The highest BCUT2D eigenvalue weighted by Gasteiger charge is 2.55. The molecule has 8 rings (SSSR count). The number of aromatic nitrogens is 2. The van der Waals surface area contributed by atoms with E-state index >= 15 is 0 Å². The lowest BCUT2D eigenvalue weighted by Gasteiger charge is -2.42. The number of nitrogens with two attached hydrogens (primary N) is 1. The lowest BCUT2D eigenvalue weighted by atomic mass is 9.73. The van der Waals surface area contributed by atoms with Crippen molar-refractivity contribution in [3.8, 4) is 18.1 Å². The topological polar surface area (TPSA) is 148 Å². The van der Waals surface area contributed by atoms with E-state index in [2.05, 4.69) is 39.5 Å². The van der Waals surface area contributed by atoms with Gasteiger partial charge >= 0.3 is 6.01 Å². The number of hydrogen-bond donors (Lipinski definition) is 4. The molecule has 1 saturated carbocycles. The largest absolute Gasteiger partial charge is 0.463 e. The number of piperazine rings is 1. The molecule has 228 valence electrons. The number of allylic oxidation sites excluding steroid dienone is 2. The van der Waals surface area contributed by atoms with Crippen LogP contribution in [0, 0.1) is 39.4 Å². The zero-order valence-electron chi connectivity index (χ0n) is 24.9. The second kappa shape index (κ2) is 10.4. The maximum absolute atomic E-state index is 10.7. The van der Waals surface area contributed by atoms with Crippen molar-refractivity contribution in [2.24, 2.45) is 22.5 Å². The van der Waals surface area contributed by atoms with E-state index in [0.29, 0.717) is 51.7 Å². The van der Waals surface area contributed by atoms with Crippen LogP contribution in [0.5, 0.6) is 6.01 Å². The maximum atomic E-state index is 10.7. The van der Waals surface area contributed by atoms with Gasteiger partial charge in [-0.2, -0.15) is 20.5 Å². The summed E-state index contributed by atoms with van der Waals surface area (Å²) in [5.74, 6) is 0.924. The molecule has 12 heteroatoms. The minimum absolute atomic E-state index is 0.0426. The van der Waals surface area contributed by atoms with Crippen LogP contribution in [0.3, 0.4) is 0 Å². The van der Waals surface area contributed by atoms with Crippen LogP contribution in [-0.4, -0.2) is 92.6 Å². The second-order valence-corrected chi connectivity index (χ2v) is 15.9. The van der Waals surface area contributed by atoms with Crippen molar-refractivity contribution in [1.29, 1.82) is 10.5 Å². The number of thiol groups is 1. The zero-order valence-corrected chi connectivity index (χ0v) is 25.8. The summed E-state index contributed by atoms with van der Waals surface area (Å²) in [6.07, 6.45) is 5.51. The van der Waals surface area contributed by atoms with E-state index in [4.69, 9.17) is 25.2 Å². The molecule has 1 aromatic heterocycles. The SMILES string of the molecule is CC1CC2(CNC2)C2=C1[SH](c1nc(OCC3(CN4CCOCC4)CC3)nc(N3C[C@H]4CC[C@@H](C3)N4)c1C#N)C(N)=C2C#N. The first-order chi connectivity index (χ1) is 20.9. The lowest BCUT2D eigenvalue weighted by Crippen LogP contribution is -2.53. The zero-order chi connectivity index (χ0) is 29.3. The Hall–Kier alpha value is -2.87. The summed E-state index contributed by atoms with van der Waals surface area (Å²) in [7, 11) is -1.31. The number of rotatable bonds is 7. The molecule has 0 amide bonds. The summed E-state index contributed by atoms with van der Waals surface area (Å²) in [6, 6.07) is 6.08. The van der Waals surface area contributed by atoms with Crippen LogP contribution in [0.1, 0.15) is 44.6 Å². The van der Waals surface area contributed by atoms with Gasteiger partial charge in [-0.25, -0.2) is 0 Å². The van der Waals surface area contributed by atoms with E-state index in [1.807, 2.05) is 0 Å². The molecule has 7 aliphatic rings. The number of nitrogens with zero attached hydrogens (tertiary/aromatic N) is 6. The molecule has 2 aliphatic carbocycles. The molecule has 5 aliphatic heterocycles. The summed E-state index contributed by atoms with van der Waals surface area (Å²) in [4.78, 5) is 16.0. The Morgan fingerprint density at radius 3 is 2.49 bits per heavy atom. The number of anilines is 1. The van der Waals surface area contributed by atoms with Crippen molar-refractivity contribution in [3.63, 3.8) is 0 Å². The van der Waals surface area contributed by atoms with E-state index in [0.717, 1.165) is 96.7 Å². The number of fused-ring (bicyclic) bond motifs is 3. The number of morpholine rings is 1. The number of nitrogens with one attached hydrogen (secondary N) is 2. The highest BCUT2D eigenvalue weighted by molar-refractivity contribution is 8.24. The molecular formula is C31H41N9O2S. The average Bonchev–Trinajstić information content (AvgIpc) is 3.45. The van der Waals surface area contributed by atoms with E-state index in [1.165, 1.54) is 4.91 Å². The summed E-state index contributed by atoms with van der Waals surface area (Å²) < 4.78 is 12.1. The molecule has 0 aromatic carbocycles. The lowest BCUT2D eigenvalue weighted by molar-refractivity contribution is 0.0231. The molecule has 2 unspecified atom stereocenters. The third kappa shape index (κ3) is 4.53. The van der Waals surface area contributed by atoms with E-state index in [1.54, 1.807) is 0 Å². The van der Waals surface area contributed by atoms with E-state index < -0.39 is 10.9 Å². The van der Waals surface area contributed by atoms with Gasteiger partial charge in [-0.1, -0.05) is 6.92 Å². The van der Waals surface area contributed by atoms with Gasteiger partial charge in [-0.15, -0.1) is 10.9 Å². The molecule has 2 bridgehead atoms. The van der Waals surface area contributed by atoms with Gasteiger partial charge in [0.1, 0.15) is 22.7 Å². The van der Waals surface area contributed by atoms with Crippen molar-refractivity contribution < 1.29 is 9.47 Å². The molecule has 4 saturated heterocycles. The molecule has 1 spiro atoms. The van der Waals surface area contributed by atoms with Gasteiger partial charge in [0.05, 0.1) is 30.4 Å². The van der Waals surface area contributed by atoms with Crippen LogP contribution >= 0.6 is 10.9 Å². The van der Waals surface area contributed by atoms with E-state index in [9.17, 15) is 10.5 Å². The Labute approximate surface area is 255 Å². The molecule has 43 heavy (non-hydrogen) atoms. The van der Waals surface area contributed by atoms with Crippen molar-refractivity contribution in [3.05, 3.63) is 26.6 Å². The number of ether oxygens (including phenoxy) is 2. The smallest absolute Gasteiger partial charge is 0.319 e. The number of hydrogen-bond acceptors (Lipinski definition) is 11. The first kappa shape index (κ1) is 27.7. The van der Waals surface area contributed by atoms with Crippen LogP contribution in [0.4, 0.5) is 5.82 Å². The monoisotopic (exact) mass is 603 g/mol. The summed E-state index contributed by atoms with van der Waals surface area (Å²) in [5, 5.41) is 29.4. The van der Waals surface area contributed by atoms with Gasteiger partial charge in [-0.05, 0) is 48.5 Å². The quantitative estimate of drug-likeness (QED) is 0.267. The van der Waals surface area contributed by atoms with Gasteiger partial charge in [0, 0.05) is 68.7 Å². The van der Waals surface area contributed by atoms with Gasteiger partial charge in [0.25, 0.3) is 0 Å². The standard InChI is InChI=1S/C31H41N9O2S/c1-19-10-31(15-35-16-31)24-22(11-32)26(34)43(25(19)24)28-23(12-33)27(40-13-20-2-3-21(14-40)36-20)37-29(38-28)42-18-30(4-5-30)17-39-6-8-41-9-7-39/h19-21,35-36,43H,2-10,13-18,34H2,1H3/t19?,20-,21+. The van der Waals surface area contributed by atoms with Crippen LogP contribution in [-0.2, 0) is 4.74 Å². The summed E-state index contributed by atoms with van der Waals surface area (Å²) in [6.45, 7) is 10.6. The molecular weight excluding hydrogens is 562 g/mol. The average molecular weight is 604 g/mol. The van der Waals surface area contributed by atoms with Crippen LogP contribution in [0.15, 0.2) is 26.1 Å². The van der Waals surface area contributed by atoms with Gasteiger partial charge in [0.15, 0.2) is 5.82 Å². The Balaban J connectivity index is 1.18. The molecule has 1 aromatic rings. The van der Waals surface area contributed by atoms with E-state index in [-0.39, 0.29) is 16.7 Å². The van der Waals surface area contributed by atoms with Gasteiger partial charge in [0.2, 0.25) is 0 Å². The Morgan fingerprint density at radius 2 is 1.86 bits per heavy atom. The molecule has 4 N–H and O–H groups in total. The second-order valence-electron chi connectivity index (χ2n) is 13.8. The molecule has 11 nitrogen and oxygen atoms in total. The predicted octanol–water partition coefficient (Wildman–Crippen LogP) is 1.73. The fraction of sp³-hybridized carbons (Fsp3) is 0.677. The Morgan fingerprint density at radius 1 is 1.12 bits per heavy atom. The van der Waals surface area contributed by atoms with Crippen molar-refractivity contribution in [2.75, 3.05) is 70.5 Å². The summed E-state index contributed by atoms with van der Waals surface area (Å²) >= 11 is 0. The fourth-order valence-electron chi connectivity index (χ4n) is 8.41. The normalized spacial score (nSPS) is 32.9. The Kier molecular flexibility index (Phi) is 6.66. The number of nitriles is 2. The van der Waals surface area contributed by atoms with Crippen LogP contribution < -0.4 is 26.0 Å². The van der Waals surface area contributed by atoms with Crippen LogP contribution in [0.25, 0.3) is 0 Å². The third-order valence-electron chi connectivity index (χ3n) is 10.8. The first-order valence-corrected chi connectivity index (χ1v) is 17.2. The molecule has 4 atom stereocenters.